The number of hydrogen-bond acceptors (Lipinski definition) is 5. The van der Waals surface area contributed by atoms with Gasteiger partial charge in [0.25, 0.3) is 0 Å². The number of carboxylic acids is 1. The minimum atomic E-state index is -1.03. The normalized spacial score (nSPS) is 12.4. The lowest BCUT2D eigenvalue weighted by Gasteiger charge is -2.07. The van der Waals surface area contributed by atoms with Crippen molar-refractivity contribution in [1.29, 1.82) is 0 Å². The van der Waals surface area contributed by atoms with Crippen molar-refractivity contribution in [2.24, 2.45) is 0 Å². The molecule has 0 fully saturated rings. The van der Waals surface area contributed by atoms with E-state index in [4.69, 9.17) is 10.2 Å². The van der Waals surface area contributed by atoms with Crippen LogP contribution in [0.15, 0.2) is 12.5 Å². The maximum absolute atomic E-state index is 10.8. The standard InChI is InChI=1S/C9H12N2O3S/c1-6(3-12)15-4-8-7(9(13)14)2-10-5-11-8/h2,5-6,12H,3-4H2,1H3,(H,13,14). The lowest BCUT2D eigenvalue weighted by Crippen LogP contribution is -2.07. The van der Waals surface area contributed by atoms with Gasteiger partial charge in [0, 0.05) is 17.2 Å². The summed E-state index contributed by atoms with van der Waals surface area (Å²) in [6.45, 7) is 1.93. The van der Waals surface area contributed by atoms with Crippen molar-refractivity contribution < 1.29 is 15.0 Å². The topological polar surface area (TPSA) is 83.3 Å². The molecular formula is C9H12N2O3S. The van der Waals surface area contributed by atoms with Crippen molar-refractivity contribution in [2.75, 3.05) is 6.61 Å². The van der Waals surface area contributed by atoms with Gasteiger partial charge in [-0.2, -0.15) is 11.8 Å². The first-order chi connectivity index (χ1) is 7.15. The van der Waals surface area contributed by atoms with Gasteiger partial charge in [0.2, 0.25) is 0 Å². The molecule has 0 aliphatic carbocycles. The van der Waals surface area contributed by atoms with Crippen molar-refractivity contribution in [1.82, 2.24) is 9.97 Å². The highest BCUT2D eigenvalue weighted by atomic mass is 32.2. The number of nitrogens with zero attached hydrogens (tertiary/aromatic N) is 2. The molecule has 2 N–H and O–H groups in total. The number of aromatic carboxylic acids is 1. The van der Waals surface area contributed by atoms with Gasteiger partial charge < -0.3 is 10.2 Å². The summed E-state index contributed by atoms with van der Waals surface area (Å²) in [6.07, 6.45) is 2.61. The molecule has 0 aromatic carbocycles. The van der Waals surface area contributed by atoms with E-state index >= 15 is 0 Å². The third-order valence-electron chi connectivity index (χ3n) is 1.79. The number of thioether (sulfide) groups is 1. The third-order valence-corrected chi connectivity index (χ3v) is 2.95. The fraction of sp³-hybridized carbons (Fsp3) is 0.444. The number of aromatic nitrogens is 2. The molecule has 0 aliphatic heterocycles. The molecule has 0 aliphatic rings. The Hall–Kier alpha value is -1.14. The van der Waals surface area contributed by atoms with E-state index in [2.05, 4.69) is 9.97 Å². The van der Waals surface area contributed by atoms with Crippen LogP contribution in [-0.2, 0) is 5.75 Å². The smallest absolute Gasteiger partial charge is 0.339 e. The monoisotopic (exact) mass is 228 g/mol. The van der Waals surface area contributed by atoms with Gasteiger partial charge in [0.05, 0.1) is 12.3 Å². The Balaban J connectivity index is 2.72. The zero-order valence-electron chi connectivity index (χ0n) is 8.25. The summed E-state index contributed by atoms with van der Waals surface area (Å²) in [4.78, 5) is 18.4. The SMILES string of the molecule is CC(CO)SCc1ncncc1C(=O)O. The van der Waals surface area contributed by atoms with E-state index in [-0.39, 0.29) is 17.4 Å². The first-order valence-corrected chi connectivity index (χ1v) is 5.44. The third kappa shape index (κ3) is 3.49. The zero-order valence-corrected chi connectivity index (χ0v) is 9.07. The van der Waals surface area contributed by atoms with Crippen LogP contribution in [0.25, 0.3) is 0 Å². The molecule has 1 atom stereocenters. The highest BCUT2D eigenvalue weighted by Gasteiger charge is 2.12. The van der Waals surface area contributed by atoms with Crippen molar-refractivity contribution in [3.8, 4) is 0 Å². The lowest BCUT2D eigenvalue weighted by atomic mass is 10.2. The molecule has 1 aromatic heterocycles. The molecule has 1 rings (SSSR count). The molecule has 0 bridgehead atoms. The average Bonchev–Trinajstić information content (AvgIpc) is 2.26. The summed E-state index contributed by atoms with van der Waals surface area (Å²) in [5.41, 5.74) is 0.609. The van der Waals surface area contributed by atoms with E-state index < -0.39 is 5.97 Å². The summed E-state index contributed by atoms with van der Waals surface area (Å²) in [6, 6.07) is 0. The molecule has 0 saturated carbocycles. The van der Waals surface area contributed by atoms with Gasteiger partial charge >= 0.3 is 5.97 Å². The van der Waals surface area contributed by atoms with Crippen molar-refractivity contribution >= 4 is 17.7 Å². The molecule has 82 valence electrons. The maximum Gasteiger partial charge on any atom is 0.339 e. The molecular weight excluding hydrogens is 216 g/mol. The van der Waals surface area contributed by atoms with Gasteiger partial charge in [-0.25, -0.2) is 14.8 Å². The minimum Gasteiger partial charge on any atom is -0.478 e. The predicted molar refractivity (Wildman–Crippen MR) is 56.8 cm³/mol. The van der Waals surface area contributed by atoms with Crippen LogP contribution >= 0.6 is 11.8 Å². The van der Waals surface area contributed by atoms with Crippen molar-refractivity contribution in [3.05, 3.63) is 23.8 Å². The molecule has 0 radical (unpaired) electrons. The number of carbonyl (C=O) groups is 1. The Morgan fingerprint density at radius 1 is 1.67 bits per heavy atom. The Bertz CT molecular complexity index is 346. The predicted octanol–water partition coefficient (Wildman–Crippen LogP) is 0.789. The van der Waals surface area contributed by atoms with Crippen LogP contribution in [0.4, 0.5) is 0 Å². The number of aliphatic hydroxyl groups excluding tert-OH is 1. The van der Waals surface area contributed by atoms with Gasteiger partial charge in [-0.05, 0) is 0 Å². The fourth-order valence-electron chi connectivity index (χ4n) is 0.923. The fourth-order valence-corrected chi connectivity index (χ4v) is 1.70. The second kappa shape index (κ2) is 5.67. The lowest BCUT2D eigenvalue weighted by molar-refractivity contribution is 0.0695. The first kappa shape index (κ1) is 11.9. The van der Waals surface area contributed by atoms with Crippen LogP contribution < -0.4 is 0 Å². The molecule has 1 heterocycles. The summed E-state index contributed by atoms with van der Waals surface area (Å²) in [5.74, 6) is -0.561. The second-order valence-electron chi connectivity index (χ2n) is 2.99. The van der Waals surface area contributed by atoms with Crippen LogP contribution in [-0.4, -0.2) is 38.0 Å². The van der Waals surface area contributed by atoms with Crippen LogP contribution in [0.5, 0.6) is 0 Å². The maximum atomic E-state index is 10.8. The van der Waals surface area contributed by atoms with E-state index in [1.165, 1.54) is 24.3 Å². The summed E-state index contributed by atoms with van der Waals surface area (Å²) < 4.78 is 0. The highest BCUT2D eigenvalue weighted by Crippen LogP contribution is 2.17. The molecule has 5 nitrogen and oxygen atoms in total. The van der Waals surface area contributed by atoms with Crippen LogP contribution in [0.3, 0.4) is 0 Å². The second-order valence-corrected chi connectivity index (χ2v) is 4.42. The summed E-state index contributed by atoms with van der Waals surface area (Å²) in [7, 11) is 0. The van der Waals surface area contributed by atoms with Gasteiger partial charge in [0.15, 0.2) is 0 Å². The van der Waals surface area contributed by atoms with E-state index in [0.717, 1.165) is 0 Å². The van der Waals surface area contributed by atoms with Crippen LogP contribution in [0.1, 0.15) is 23.0 Å². The number of hydrogen-bond donors (Lipinski definition) is 2. The molecule has 0 amide bonds. The summed E-state index contributed by atoms with van der Waals surface area (Å²) in [5, 5.41) is 17.7. The minimum absolute atomic E-state index is 0.0676. The van der Waals surface area contributed by atoms with E-state index in [1.54, 1.807) is 0 Å². The number of carboxylic acid groups (broad SMARTS) is 1. The molecule has 1 aromatic rings. The Morgan fingerprint density at radius 2 is 2.40 bits per heavy atom. The first-order valence-electron chi connectivity index (χ1n) is 4.39. The van der Waals surface area contributed by atoms with Gasteiger partial charge in [-0.15, -0.1) is 0 Å². The Kier molecular flexibility index (Phi) is 4.51. The van der Waals surface area contributed by atoms with Gasteiger partial charge in [-0.3, -0.25) is 0 Å². The van der Waals surface area contributed by atoms with Crippen molar-refractivity contribution in [3.63, 3.8) is 0 Å². The van der Waals surface area contributed by atoms with E-state index in [0.29, 0.717) is 11.4 Å². The molecule has 0 saturated heterocycles. The zero-order chi connectivity index (χ0) is 11.3. The van der Waals surface area contributed by atoms with E-state index in [9.17, 15) is 4.79 Å². The Labute approximate surface area is 91.6 Å². The van der Waals surface area contributed by atoms with Crippen molar-refractivity contribution in [2.45, 2.75) is 17.9 Å². The molecule has 6 heteroatoms. The highest BCUT2D eigenvalue weighted by molar-refractivity contribution is 7.99. The van der Waals surface area contributed by atoms with E-state index in [1.807, 2.05) is 6.92 Å². The molecule has 0 spiro atoms. The largest absolute Gasteiger partial charge is 0.478 e. The molecule has 15 heavy (non-hydrogen) atoms. The van der Waals surface area contributed by atoms with Gasteiger partial charge in [0.1, 0.15) is 11.9 Å². The number of rotatable bonds is 5. The van der Waals surface area contributed by atoms with Gasteiger partial charge in [-0.1, -0.05) is 6.92 Å². The quantitative estimate of drug-likeness (QED) is 0.775. The van der Waals surface area contributed by atoms with Crippen LogP contribution in [0, 0.1) is 0 Å². The summed E-state index contributed by atoms with van der Waals surface area (Å²) >= 11 is 1.46. The average molecular weight is 228 g/mol. The Morgan fingerprint density at radius 3 is 3.00 bits per heavy atom. The number of aliphatic hydroxyl groups is 1. The van der Waals surface area contributed by atoms with Crippen LogP contribution in [0.2, 0.25) is 0 Å². The molecule has 1 unspecified atom stereocenters.